The van der Waals surface area contributed by atoms with Crippen LogP contribution in [0.3, 0.4) is 0 Å². The van der Waals surface area contributed by atoms with Crippen molar-refractivity contribution in [3.05, 3.63) is 70.3 Å². The van der Waals surface area contributed by atoms with Crippen molar-refractivity contribution in [1.82, 2.24) is 19.9 Å². The number of alkyl halides is 3. The largest absolute Gasteiger partial charge is 0.497 e. The molecule has 4 aromatic rings. The van der Waals surface area contributed by atoms with Gasteiger partial charge in [0.2, 0.25) is 0 Å². The van der Waals surface area contributed by atoms with Gasteiger partial charge in [0.25, 0.3) is 5.91 Å². The number of ether oxygens (including phenoxy) is 1. The maximum Gasteiger partial charge on any atom is 0.433 e. The number of methoxy groups -OCH3 is 1. The Bertz CT molecular complexity index is 1240. The Morgan fingerprint density at radius 1 is 1.26 bits per heavy atom. The minimum atomic E-state index is -4.73. The molecule has 0 atom stereocenters. The molecule has 0 aliphatic heterocycles. The molecule has 0 fully saturated rings. The topological polar surface area (TPSA) is 81.7 Å². The van der Waals surface area contributed by atoms with Gasteiger partial charge in [0, 0.05) is 5.56 Å². The Morgan fingerprint density at radius 2 is 2.00 bits per heavy atom. The SMILES string of the molecule is COc1ccc(-c2cc(C(F)(F)F)n3nc(C(=O)NCc4ccco4)c(Br)c3n2)cc1. The van der Waals surface area contributed by atoms with E-state index in [0.717, 1.165) is 6.07 Å². The summed E-state index contributed by atoms with van der Waals surface area (Å²) in [5.74, 6) is 0.374. The standard InChI is InChI=1S/C20H14BrF3N4O3/c1-30-12-6-4-11(5-7-12)14-9-15(20(22,23)24)28-18(26-14)16(21)17(27-28)19(29)25-10-13-3-2-8-31-13/h2-9H,10H2,1H3,(H,25,29). The molecule has 7 nitrogen and oxygen atoms in total. The van der Waals surface area contributed by atoms with Crippen molar-refractivity contribution in [3.63, 3.8) is 0 Å². The number of nitrogens with zero attached hydrogens (tertiary/aromatic N) is 3. The van der Waals surface area contributed by atoms with Gasteiger partial charge in [-0.15, -0.1) is 0 Å². The number of hydrogen-bond donors (Lipinski definition) is 1. The van der Waals surface area contributed by atoms with Crippen LogP contribution in [0, 0.1) is 0 Å². The summed E-state index contributed by atoms with van der Waals surface area (Å²) in [7, 11) is 1.49. The maximum absolute atomic E-state index is 13.8. The van der Waals surface area contributed by atoms with Gasteiger partial charge in [0.05, 0.1) is 30.1 Å². The van der Waals surface area contributed by atoms with Crippen molar-refractivity contribution in [2.45, 2.75) is 12.7 Å². The number of halogens is 4. The average molecular weight is 495 g/mol. The van der Waals surface area contributed by atoms with E-state index in [4.69, 9.17) is 9.15 Å². The fraction of sp³-hybridized carbons (Fsp3) is 0.150. The summed E-state index contributed by atoms with van der Waals surface area (Å²) in [6.07, 6.45) is -3.28. The highest BCUT2D eigenvalue weighted by Gasteiger charge is 2.36. The Morgan fingerprint density at radius 3 is 2.61 bits per heavy atom. The molecule has 160 valence electrons. The van der Waals surface area contributed by atoms with Crippen LogP contribution >= 0.6 is 15.9 Å². The Kier molecular flexibility index (Phi) is 5.44. The summed E-state index contributed by atoms with van der Waals surface area (Å²) < 4.78 is 52.2. The molecule has 1 aromatic carbocycles. The highest BCUT2D eigenvalue weighted by atomic mass is 79.9. The van der Waals surface area contributed by atoms with Gasteiger partial charge < -0.3 is 14.5 Å². The number of benzene rings is 1. The van der Waals surface area contributed by atoms with Gasteiger partial charge in [0.1, 0.15) is 11.5 Å². The molecule has 0 aliphatic carbocycles. The van der Waals surface area contributed by atoms with Gasteiger partial charge in [-0.2, -0.15) is 18.3 Å². The molecule has 0 radical (unpaired) electrons. The van der Waals surface area contributed by atoms with Gasteiger partial charge in [-0.25, -0.2) is 9.50 Å². The van der Waals surface area contributed by atoms with Gasteiger partial charge in [-0.1, -0.05) is 0 Å². The normalized spacial score (nSPS) is 11.6. The van der Waals surface area contributed by atoms with E-state index in [0.29, 0.717) is 21.6 Å². The predicted octanol–water partition coefficient (Wildman–Crippen LogP) is 4.71. The quantitative estimate of drug-likeness (QED) is 0.434. The zero-order valence-electron chi connectivity index (χ0n) is 15.9. The van der Waals surface area contributed by atoms with E-state index in [2.05, 4.69) is 31.3 Å². The molecule has 3 aromatic heterocycles. The number of hydrogen-bond acceptors (Lipinski definition) is 5. The lowest BCUT2D eigenvalue weighted by atomic mass is 10.1. The molecular formula is C20H14BrF3N4O3. The van der Waals surface area contributed by atoms with Crippen LogP contribution in [-0.4, -0.2) is 27.6 Å². The second-order valence-corrected chi connectivity index (χ2v) is 7.21. The minimum absolute atomic E-state index is 0.0466. The third kappa shape index (κ3) is 4.13. The van der Waals surface area contributed by atoms with Crippen molar-refractivity contribution in [2.75, 3.05) is 7.11 Å². The Labute approximate surface area is 182 Å². The fourth-order valence-corrected chi connectivity index (χ4v) is 3.43. The first-order valence-electron chi connectivity index (χ1n) is 8.89. The van der Waals surface area contributed by atoms with E-state index < -0.39 is 17.8 Å². The van der Waals surface area contributed by atoms with Crippen molar-refractivity contribution in [2.24, 2.45) is 0 Å². The molecule has 1 N–H and O–H groups in total. The van der Waals surface area contributed by atoms with E-state index in [1.807, 2.05) is 0 Å². The van der Waals surface area contributed by atoms with Crippen molar-refractivity contribution in [1.29, 1.82) is 0 Å². The van der Waals surface area contributed by atoms with E-state index in [-0.39, 0.29) is 28.1 Å². The van der Waals surface area contributed by atoms with Crippen LogP contribution in [0.5, 0.6) is 5.75 Å². The molecule has 0 unspecified atom stereocenters. The molecule has 0 spiro atoms. The van der Waals surface area contributed by atoms with Gasteiger partial charge in [0.15, 0.2) is 17.0 Å². The third-order valence-corrected chi connectivity index (χ3v) is 5.16. The van der Waals surface area contributed by atoms with Crippen LogP contribution in [0.1, 0.15) is 21.9 Å². The number of nitrogens with one attached hydrogen (secondary N) is 1. The smallest absolute Gasteiger partial charge is 0.433 e. The molecule has 0 aliphatic rings. The maximum atomic E-state index is 13.8. The first kappa shape index (κ1) is 20.9. The minimum Gasteiger partial charge on any atom is -0.497 e. The first-order chi connectivity index (χ1) is 14.8. The van der Waals surface area contributed by atoms with Crippen molar-refractivity contribution < 1.29 is 27.1 Å². The Hall–Kier alpha value is -3.34. The van der Waals surface area contributed by atoms with Crippen LogP contribution in [0.15, 0.2) is 57.6 Å². The molecule has 31 heavy (non-hydrogen) atoms. The molecule has 11 heteroatoms. The number of carbonyl (C=O) groups is 1. The summed E-state index contributed by atoms with van der Waals surface area (Å²) in [6.45, 7) is 0.0583. The number of amides is 1. The van der Waals surface area contributed by atoms with Gasteiger partial charge in [-0.05, 0) is 58.4 Å². The summed E-state index contributed by atoms with van der Waals surface area (Å²) in [4.78, 5) is 16.8. The monoisotopic (exact) mass is 494 g/mol. The van der Waals surface area contributed by atoms with E-state index in [9.17, 15) is 18.0 Å². The highest BCUT2D eigenvalue weighted by Crippen LogP contribution is 2.35. The van der Waals surface area contributed by atoms with Crippen LogP contribution < -0.4 is 10.1 Å². The van der Waals surface area contributed by atoms with Crippen LogP contribution in [0.4, 0.5) is 13.2 Å². The number of aromatic nitrogens is 3. The molecule has 0 saturated carbocycles. The first-order valence-corrected chi connectivity index (χ1v) is 9.68. The Balaban J connectivity index is 1.78. The van der Waals surface area contributed by atoms with Crippen LogP contribution in [-0.2, 0) is 12.7 Å². The van der Waals surface area contributed by atoms with Crippen molar-refractivity contribution >= 4 is 27.5 Å². The van der Waals surface area contributed by atoms with E-state index >= 15 is 0 Å². The lowest BCUT2D eigenvalue weighted by molar-refractivity contribution is -0.142. The van der Waals surface area contributed by atoms with Gasteiger partial charge >= 0.3 is 6.18 Å². The fourth-order valence-electron chi connectivity index (χ4n) is 2.91. The third-order valence-electron chi connectivity index (χ3n) is 4.43. The molecule has 1 amide bonds. The van der Waals surface area contributed by atoms with E-state index in [1.54, 1.807) is 36.4 Å². The number of rotatable bonds is 5. The molecule has 3 heterocycles. The lowest BCUT2D eigenvalue weighted by Crippen LogP contribution is -2.23. The van der Waals surface area contributed by atoms with Crippen LogP contribution in [0.25, 0.3) is 16.9 Å². The summed E-state index contributed by atoms with van der Waals surface area (Å²) >= 11 is 3.18. The van der Waals surface area contributed by atoms with Crippen LogP contribution in [0.2, 0.25) is 0 Å². The molecule has 4 rings (SSSR count). The van der Waals surface area contributed by atoms with E-state index in [1.165, 1.54) is 13.4 Å². The zero-order chi connectivity index (χ0) is 22.2. The summed E-state index contributed by atoms with van der Waals surface area (Å²) in [6, 6.07) is 10.6. The predicted molar refractivity (Wildman–Crippen MR) is 108 cm³/mol. The number of carbonyl (C=O) groups excluding carboxylic acids is 1. The summed E-state index contributed by atoms with van der Waals surface area (Å²) in [5, 5.41) is 6.42. The second-order valence-electron chi connectivity index (χ2n) is 6.41. The zero-order valence-corrected chi connectivity index (χ0v) is 17.5. The average Bonchev–Trinajstić information content (AvgIpc) is 3.39. The molecule has 0 bridgehead atoms. The molecule has 0 saturated heterocycles. The number of fused-ring (bicyclic) bond motifs is 1. The molecular weight excluding hydrogens is 481 g/mol. The lowest BCUT2D eigenvalue weighted by Gasteiger charge is -2.11. The van der Waals surface area contributed by atoms with Gasteiger partial charge in [-0.3, -0.25) is 4.79 Å². The number of furan rings is 1. The summed E-state index contributed by atoms with van der Waals surface area (Å²) in [5.41, 5.74) is -0.898. The second kappa shape index (κ2) is 8.06. The highest BCUT2D eigenvalue weighted by molar-refractivity contribution is 9.10. The van der Waals surface area contributed by atoms with Crippen molar-refractivity contribution in [3.8, 4) is 17.0 Å².